The van der Waals surface area contributed by atoms with Crippen molar-refractivity contribution >= 4 is 44.2 Å². The Kier molecular flexibility index (Phi) is 10.1. The summed E-state index contributed by atoms with van der Waals surface area (Å²) in [7, 11) is -0.453. The topological polar surface area (TPSA) is 27.7 Å². The molecule has 14 heavy (non-hydrogen) atoms. The Bertz CT molecular complexity index is 118. The first-order valence-corrected chi connectivity index (χ1v) is 9.60. The molecule has 0 radical (unpaired) electrons. The molecule has 0 aromatic rings. The minimum atomic E-state index is -2.12. The molecule has 0 heterocycles. The minimum Gasteiger partial charge on any atom is -0.386 e. The van der Waals surface area contributed by atoms with Crippen molar-refractivity contribution in [1.29, 1.82) is 0 Å². The van der Waals surface area contributed by atoms with Gasteiger partial charge >= 0.3 is 7.71 Å². The third-order valence-corrected chi connectivity index (χ3v) is 6.68. The molecule has 0 aromatic carbocycles. The summed E-state index contributed by atoms with van der Waals surface area (Å²) in [6, 6.07) is 0. The van der Waals surface area contributed by atoms with Gasteiger partial charge in [0.25, 0.3) is 0 Å². The Morgan fingerprint density at radius 3 is 2.00 bits per heavy atom. The first-order chi connectivity index (χ1) is 6.68. The number of hydrogen-bond acceptors (Lipinski definition) is 6. The highest BCUT2D eigenvalue weighted by Crippen LogP contribution is 2.23. The monoisotopic (exact) mass is 274 g/mol. The standard InChI is InChI=1S/C7H18O3S3Si/c1-8-7-13-14(2,9-3-5-11)10-4-6-12/h11-12H,3-7H2,1-2H3. The van der Waals surface area contributed by atoms with Gasteiger partial charge in [-0.1, -0.05) is 11.2 Å². The smallest absolute Gasteiger partial charge is 0.386 e. The molecule has 0 amide bonds. The Hall–Kier alpha value is 1.15. The van der Waals surface area contributed by atoms with Gasteiger partial charge < -0.3 is 13.6 Å². The van der Waals surface area contributed by atoms with E-state index in [4.69, 9.17) is 13.6 Å². The summed E-state index contributed by atoms with van der Waals surface area (Å²) in [6.07, 6.45) is 0. The lowest BCUT2D eigenvalue weighted by molar-refractivity contribution is 0.212. The molecule has 0 aromatic heterocycles. The SMILES string of the molecule is COCS[Si](C)(OCCS)OCCS. The fourth-order valence-corrected chi connectivity index (χ4v) is 4.80. The fraction of sp³-hybridized carbons (Fsp3) is 1.00. The first-order valence-electron chi connectivity index (χ1n) is 4.31. The van der Waals surface area contributed by atoms with Crippen LogP contribution in [0.4, 0.5) is 0 Å². The zero-order valence-corrected chi connectivity index (χ0v) is 12.2. The van der Waals surface area contributed by atoms with Crippen LogP contribution in [0.25, 0.3) is 0 Å². The minimum absolute atomic E-state index is 0.599. The van der Waals surface area contributed by atoms with Gasteiger partial charge in [-0.3, -0.25) is 0 Å². The van der Waals surface area contributed by atoms with E-state index in [0.29, 0.717) is 30.7 Å². The van der Waals surface area contributed by atoms with Gasteiger partial charge in [-0.25, -0.2) is 0 Å². The van der Waals surface area contributed by atoms with Gasteiger partial charge in [-0.2, -0.15) is 25.3 Å². The third-order valence-electron chi connectivity index (χ3n) is 1.35. The summed E-state index contributed by atoms with van der Waals surface area (Å²) in [5.74, 6) is 2.02. The van der Waals surface area contributed by atoms with Gasteiger partial charge in [0.1, 0.15) is 0 Å². The molecule has 0 spiro atoms. The van der Waals surface area contributed by atoms with Crippen molar-refractivity contribution in [2.45, 2.75) is 6.55 Å². The van der Waals surface area contributed by atoms with Crippen LogP contribution in [-0.4, -0.2) is 45.5 Å². The van der Waals surface area contributed by atoms with Crippen LogP contribution in [0, 0.1) is 0 Å². The van der Waals surface area contributed by atoms with Crippen molar-refractivity contribution in [3.05, 3.63) is 0 Å². The zero-order valence-electron chi connectivity index (χ0n) is 8.56. The molecule has 0 fully saturated rings. The van der Waals surface area contributed by atoms with Crippen molar-refractivity contribution in [1.82, 2.24) is 0 Å². The summed E-state index contributed by atoms with van der Waals surface area (Å²) >= 11 is 9.81. The molecule has 0 aliphatic rings. The van der Waals surface area contributed by atoms with E-state index in [1.165, 1.54) is 0 Å². The van der Waals surface area contributed by atoms with Gasteiger partial charge in [0.15, 0.2) is 0 Å². The van der Waals surface area contributed by atoms with E-state index >= 15 is 0 Å². The number of methoxy groups -OCH3 is 1. The average Bonchev–Trinajstić information content (AvgIpc) is 2.21. The second kappa shape index (κ2) is 9.38. The number of thiol groups is 2. The van der Waals surface area contributed by atoms with Crippen LogP contribution in [0.1, 0.15) is 0 Å². The molecule has 3 nitrogen and oxygen atoms in total. The molecule has 86 valence electrons. The lowest BCUT2D eigenvalue weighted by Crippen LogP contribution is -2.37. The first kappa shape index (κ1) is 15.1. The molecule has 0 saturated carbocycles. The van der Waals surface area contributed by atoms with Crippen LogP contribution in [0.15, 0.2) is 0 Å². The normalized spacial score (nSPS) is 12.0. The number of hydrogen-bond donors (Lipinski definition) is 2. The molecular weight excluding hydrogens is 256 g/mol. The van der Waals surface area contributed by atoms with Crippen molar-refractivity contribution in [2.24, 2.45) is 0 Å². The highest BCUT2D eigenvalue weighted by atomic mass is 32.4. The van der Waals surface area contributed by atoms with E-state index in [1.807, 2.05) is 6.55 Å². The fourth-order valence-electron chi connectivity index (χ4n) is 0.753. The summed E-state index contributed by atoms with van der Waals surface area (Å²) in [5.41, 5.74) is 0. The van der Waals surface area contributed by atoms with Crippen LogP contribution in [0.5, 0.6) is 0 Å². The lowest BCUT2D eigenvalue weighted by Gasteiger charge is -2.25. The molecule has 0 atom stereocenters. The predicted octanol–water partition coefficient (Wildman–Crippen LogP) is 1.78. The molecule has 0 unspecified atom stereocenters. The maximum absolute atomic E-state index is 5.67. The Balaban J connectivity index is 3.89. The second-order valence-electron chi connectivity index (χ2n) is 2.56. The second-order valence-corrected chi connectivity index (χ2v) is 9.37. The van der Waals surface area contributed by atoms with Crippen LogP contribution < -0.4 is 0 Å². The van der Waals surface area contributed by atoms with E-state index in [9.17, 15) is 0 Å². The highest BCUT2D eigenvalue weighted by Gasteiger charge is 2.32. The largest absolute Gasteiger partial charge is 0.405 e. The maximum atomic E-state index is 5.67. The van der Waals surface area contributed by atoms with Crippen molar-refractivity contribution in [3.63, 3.8) is 0 Å². The maximum Gasteiger partial charge on any atom is 0.405 e. The van der Waals surface area contributed by atoms with Gasteiger partial charge in [-0.15, -0.1) is 0 Å². The summed E-state index contributed by atoms with van der Waals surface area (Å²) in [6.45, 7) is 3.26. The lowest BCUT2D eigenvalue weighted by atomic mass is 10.9. The Morgan fingerprint density at radius 1 is 1.14 bits per heavy atom. The third kappa shape index (κ3) is 7.44. The quantitative estimate of drug-likeness (QED) is 0.381. The van der Waals surface area contributed by atoms with E-state index < -0.39 is 7.71 Å². The number of rotatable bonds is 9. The Labute approximate surface area is 102 Å². The molecular formula is C7H18O3S3Si. The molecule has 0 saturated heterocycles. The molecule has 0 aliphatic carbocycles. The molecule has 0 bridgehead atoms. The zero-order chi connectivity index (χ0) is 10.9. The van der Waals surface area contributed by atoms with E-state index in [-0.39, 0.29) is 0 Å². The van der Waals surface area contributed by atoms with E-state index in [0.717, 1.165) is 0 Å². The summed E-state index contributed by atoms with van der Waals surface area (Å²) in [5, 5.41) is 0. The van der Waals surface area contributed by atoms with Gasteiger partial charge in [0, 0.05) is 31.8 Å². The molecule has 0 aliphatic heterocycles. The molecule has 0 rings (SSSR count). The summed E-state index contributed by atoms with van der Waals surface area (Å²) in [4.78, 5) is 0. The molecule has 0 N–H and O–H groups in total. The number of ether oxygens (including phenoxy) is 1. The van der Waals surface area contributed by atoms with E-state index in [2.05, 4.69) is 25.3 Å². The van der Waals surface area contributed by atoms with Crippen molar-refractivity contribution < 1.29 is 13.6 Å². The van der Waals surface area contributed by atoms with Crippen molar-refractivity contribution in [3.8, 4) is 0 Å². The van der Waals surface area contributed by atoms with E-state index in [1.54, 1.807) is 18.3 Å². The van der Waals surface area contributed by atoms with Crippen LogP contribution in [0.3, 0.4) is 0 Å². The summed E-state index contributed by atoms with van der Waals surface area (Å²) < 4.78 is 16.3. The highest BCUT2D eigenvalue weighted by molar-refractivity contribution is 8.27. The van der Waals surface area contributed by atoms with Gasteiger partial charge in [0.05, 0.1) is 5.94 Å². The Morgan fingerprint density at radius 2 is 1.64 bits per heavy atom. The van der Waals surface area contributed by atoms with Gasteiger partial charge in [0.2, 0.25) is 0 Å². The van der Waals surface area contributed by atoms with Crippen LogP contribution in [0.2, 0.25) is 6.55 Å². The predicted molar refractivity (Wildman–Crippen MR) is 70.7 cm³/mol. The average molecular weight is 275 g/mol. The van der Waals surface area contributed by atoms with Crippen LogP contribution >= 0.6 is 36.5 Å². The van der Waals surface area contributed by atoms with Crippen LogP contribution in [-0.2, 0) is 13.6 Å². The van der Waals surface area contributed by atoms with Gasteiger partial charge in [-0.05, 0) is 6.55 Å². The molecule has 7 heteroatoms. The van der Waals surface area contributed by atoms with Crippen molar-refractivity contribution in [2.75, 3.05) is 37.8 Å².